The smallest absolute Gasteiger partial charge is 0.165 e. The number of hydrogen-bond donors (Lipinski definition) is 1. The first-order chi connectivity index (χ1) is 6.22. The number of phenolic OH excluding ortho intramolecular Hbond substituents is 1. The lowest BCUT2D eigenvalue weighted by Crippen LogP contribution is -1.74. The number of thiophene rings is 1. The fourth-order valence-electron chi connectivity index (χ4n) is 1.15. The van der Waals surface area contributed by atoms with Crippen LogP contribution in [0.2, 0.25) is 0 Å². The summed E-state index contributed by atoms with van der Waals surface area (Å²) in [7, 11) is 0. The molecule has 1 aromatic heterocycles. The first-order valence-electron chi connectivity index (χ1n) is 3.58. The third kappa shape index (κ3) is 1.19. The van der Waals surface area contributed by atoms with Crippen LogP contribution in [0, 0.1) is 5.82 Å². The molecule has 1 heterocycles. The van der Waals surface area contributed by atoms with E-state index in [4.69, 9.17) is 0 Å². The third-order valence-electron chi connectivity index (χ3n) is 1.76. The van der Waals surface area contributed by atoms with Crippen molar-refractivity contribution in [2.24, 2.45) is 0 Å². The monoisotopic (exact) mass is 196 g/mol. The van der Waals surface area contributed by atoms with Crippen LogP contribution < -0.4 is 0 Å². The van der Waals surface area contributed by atoms with Crippen LogP contribution in [-0.4, -0.2) is 11.4 Å². The van der Waals surface area contributed by atoms with E-state index < -0.39 is 5.82 Å². The van der Waals surface area contributed by atoms with Crippen molar-refractivity contribution >= 4 is 27.7 Å². The van der Waals surface area contributed by atoms with Gasteiger partial charge in [0.05, 0.1) is 4.88 Å². The van der Waals surface area contributed by atoms with Gasteiger partial charge in [-0.25, -0.2) is 4.39 Å². The Morgan fingerprint density at radius 2 is 2.23 bits per heavy atom. The molecule has 2 nitrogen and oxygen atoms in total. The number of hydrogen-bond acceptors (Lipinski definition) is 3. The number of carbonyl (C=O) groups is 1. The van der Waals surface area contributed by atoms with Gasteiger partial charge in [0.1, 0.15) is 0 Å². The van der Waals surface area contributed by atoms with E-state index in [1.165, 1.54) is 23.5 Å². The second-order valence-corrected chi connectivity index (χ2v) is 3.69. The summed E-state index contributed by atoms with van der Waals surface area (Å²) in [5, 5.41) is 9.68. The largest absolute Gasteiger partial charge is 0.504 e. The molecule has 4 heteroatoms. The number of halogens is 1. The van der Waals surface area contributed by atoms with Gasteiger partial charge in [0.15, 0.2) is 17.9 Å². The van der Waals surface area contributed by atoms with Crippen LogP contribution in [0.4, 0.5) is 4.39 Å². The van der Waals surface area contributed by atoms with Crippen molar-refractivity contribution in [1.82, 2.24) is 0 Å². The van der Waals surface area contributed by atoms with E-state index in [9.17, 15) is 14.3 Å². The summed E-state index contributed by atoms with van der Waals surface area (Å²) in [5.41, 5.74) is 0. The average Bonchev–Trinajstić information content (AvgIpc) is 2.55. The van der Waals surface area contributed by atoms with Gasteiger partial charge in [-0.2, -0.15) is 0 Å². The predicted molar refractivity (Wildman–Crippen MR) is 48.8 cm³/mol. The van der Waals surface area contributed by atoms with Crippen LogP contribution in [0.25, 0.3) is 10.1 Å². The second-order valence-electron chi connectivity index (χ2n) is 2.57. The molecule has 0 fully saturated rings. The summed E-state index contributed by atoms with van der Waals surface area (Å²) >= 11 is 1.23. The Hall–Kier alpha value is -1.42. The lowest BCUT2D eigenvalue weighted by molar-refractivity contribution is 0.112. The highest BCUT2D eigenvalue weighted by Crippen LogP contribution is 2.33. The van der Waals surface area contributed by atoms with Gasteiger partial charge in [-0.15, -0.1) is 11.3 Å². The maximum absolute atomic E-state index is 12.8. The van der Waals surface area contributed by atoms with Crippen LogP contribution in [0.5, 0.6) is 5.75 Å². The quantitative estimate of drug-likeness (QED) is 0.711. The summed E-state index contributed by atoms with van der Waals surface area (Å²) in [6.07, 6.45) is 0.683. The van der Waals surface area contributed by atoms with Gasteiger partial charge < -0.3 is 5.11 Å². The average molecular weight is 196 g/mol. The fraction of sp³-hybridized carbons (Fsp3) is 0. The Morgan fingerprint density at radius 3 is 2.92 bits per heavy atom. The summed E-state index contributed by atoms with van der Waals surface area (Å²) in [4.78, 5) is 10.9. The maximum atomic E-state index is 12.8. The maximum Gasteiger partial charge on any atom is 0.165 e. The van der Waals surface area contributed by atoms with Crippen molar-refractivity contribution in [2.75, 3.05) is 0 Å². The molecule has 2 rings (SSSR count). The Balaban J connectivity index is 2.83. The van der Waals surface area contributed by atoms with Crippen LogP contribution in [-0.2, 0) is 0 Å². The highest BCUT2D eigenvalue weighted by atomic mass is 32.1. The first kappa shape index (κ1) is 8.19. The van der Waals surface area contributed by atoms with E-state index in [0.29, 0.717) is 21.2 Å². The molecule has 13 heavy (non-hydrogen) atoms. The number of carbonyl (C=O) groups excluding carboxylic acids is 1. The predicted octanol–water partition coefficient (Wildman–Crippen LogP) is 2.56. The van der Waals surface area contributed by atoms with Gasteiger partial charge in [0.2, 0.25) is 0 Å². The van der Waals surface area contributed by atoms with E-state index in [1.807, 2.05) is 0 Å². The molecule has 0 bridgehead atoms. The van der Waals surface area contributed by atoms with E-state index in [2.05, 4.69) is 0 Å². The number of benzene rings is 1. The second kappa shape index (κ2) is 2.81. The van der Waals surface area contributed by atoms with E-state index >= 15 is 0 Å². The molecule has 0 aliphatic carbocycles. The zero-order chi connectivity index (χ0) is 9.42. The molecule has 1 N–H and O–H groups in total. The van der Waals surface area contributed by atoms with Gasteiger partial charge in [-0.3, -0.25) is 4.79 Å². The zero-order valence-electron chi connectivity index (χ0n) is 6.45. The summed E-state index contributed by atoms with van der Waals surface area (Å²) < 4.78 is 13.5. The van der Waals surface area contributed by atoms with E-state index in [-0.39, 0.29) is 5.75 Å². The molecule has 0 amide bonds. The molecule has 0 saturated heterocycles. The van der Waals surface area contributed by atoms with Crippen molar-refractivity contribution in [3.05, 3.63) is 28.9 Å². The molecule has 0 spiro atoms. The summed E-state index contributed by atoms with van der Waals surface area (Å²) in [5.74, 6) is -1.05. The standard InChI is InChI=1S/C9H5FO2S/c10-7-1-2-8-6(9(7)12)3-5(4-11)13-8/h1-4,12H. The van der Waals surface area contributed by atoms with Crippen LogP contribution >= 0.6 is 11.3 Å². The van der Waals surface area contributed by atoms with Crippen LogP contribution in [0.15, 0.2) is 18.2 Å². The zero-order valence-corrected chi connectivity index (χ0v) is 7.27. The summed E-state index contributed by atoms with van der Waals surface area (Å²) in [6, 6.07) is 4.20. The van der Waals surface area contributed by atoms with Gasteiger partial charge >= 0.3 is 0 Å². The molecule has 0 atom stereocenters. The van der Waals surface area contributed by atoms with Gasteiger partial charge in [-0.05, 0) is 18.2 Å². The number of rotatable bonds is 1. The lowest BCUT2D eigenvalue weighted by atomic mass is 10.2. The minimum atomic E-state index is -0.664. The number of aromatic hydroxyl groups is 1. The lowest BCUT2D eigenvalue weighted by Gasteiger charge is -1.94. The van der Waals surface area contributed by atoms with Crippen LogP contribution in [0.1, 0.15) is 9.67 Å². The van der Waals surface area contributed by atoms with Crippen molar-refractivity contribution in [1.29, 1.82) is 0 Å². The molecule has 0 aliphatic rings. The Kier molecular flexibility index (Phi) is 1.77. The van der Waals surface area contributed by atoms with Gasteiger partial charge in [0, 0.05) is 10.1 Å². The number of aldehydes is 1. The highest BCUT2D eigenvalue weighted by Gasteiger charge is 2.08. The van der Waals surface area contributed by atoms with Crippen molar-refractivity contribution in [2.45, 2.75) is 0 Å². The van der Waals surface area contributed by atoms with Crippen molar-refractivity contribution < 1.29 is 14.3 Å². The Morgan fingerprint density at radius 1 is 1.46 bits per heavy atom. The first-order valence-corrected chi connectivity index (χ1v) is 4.40. The molecule has 0 aliphatic heterocycles. The molecule has 1 aromatic carbocycles. The minimum absolute atomic E-state index is 0.387. The van der Waals surface area contributed by atoms with Crippen molar-refractivity contribution in [3.8, 4) is 5.75 Å². The number of phenols is 1. The molecule has 66 valence electrons. The fourth-order valence-corrected chi connectivity index (χ4v) is 2.03. The third-order valence-corrected chi connectivity index (χ3v) is 2.78. The Labute approximate surface area is 77.2 Å². The van der Waals surface area contributed by atoms with E-state index in [1.54, 1.807) is 6.07 Å². The SMILES string of the molecule is O=Cc1cc2c(O)c(F)ccc2s1. The molecule has 2 aromatic rings. The molecular formula is C9H5FO2S. The highest BCUT2D eigenvalue weighted by molar-refractivity contribution is 7.20. The Bertz CT molecular complexity index is 476. The van der Waals surface area contributed by atoms with Crippen LogP contribution in [0.3, 0.4) is 0 Å². The number of fused-ring (bicyclic) bond motifs is 1. The minimum Gasteiger partial charge on any atom is -0.504 e. The molecule has 0 saturated carbocycles. The van der Waals surface area contributed by atoms with Crippen molar-refractivity contribution in [3.63, 3.8) is 0 Å². The van der Waals surface area contributed by atoms with Gasteiger partial charge in [0.25, 0.3) is 0 Å². The topological polar surface area (TPSA) is 37.3 Å². The summed E-state index contributed by atoms with van der Waals surface area (Å²) in [6.45, 7) is 0. The van der Waals surface area contributed by atoms with E-state index in [0.717, 1.165) is 0 Å². The van der Waals surface area contributed by atoms with Gasteiger partial charge in [-0.1, -0.05) is 0 Å². The molecular weight excluding hydrogens is 191 g/mol. The molecule has 0 radical (unpaired) electrons. The normalized spacial score (nSPS) is 10.5. The molecule has 0 unspecified atom stereocenters.